The molecule has 0 saturated heterocycles. The number of hydrogen-bond acceptors (Lipinski definition) is 3. The number of rotatable bonds is 4. The van der Waals surface area contributed by atoms with Crippen LogP contribution >= 0.6 is 0 Å². The summed E-state index contributed by atoms with van der Waals surface area (Å²) in [6, 6.07) is 14.9. The smallest absolute Gasteiger partial charge is 0.231 e. The highest BCUT2D eigenvalue weighted by atomic mass is 16.2. The molecule has 1 saturated carbocycles. The Balaban J connectivity index is 1.43. The predicted molar refractivity (Wildman–Crippen MR) is 104 cm³/mol. The lowest BCUT2D eigenvalue weighted by Crippen LogP contribution is -2.37. The summed E-state index contributed by atoms with van der Waals surface area (Å²) in [4.78, 5) is 38.9. The van der Waals surface area contributed by atoms with Gasteiger partial charge in [0.05, 0.1) is 11.8 Å². The van der Waals surface area contributed by atoms with Gasteiger partial charge in [-0.2, -0.15) is 0 Å². The SMILES string of the molecule is CC(=O)c1cccc(NC(=O)C2CC2C(=O)N2c3ccccc3CC2C)c1. The summed E-state index contributed by atoms with van der Waals surface area (Å²) in [6.07, 6.45) is 1.42. The quantitative estimate of drug-likeness (QED) is 0.847. The number of Topliss-reactive ketones (excluding diaryl/α,β-unsaturated/α-hetero) is 1. The van der Waals surface area contributed by atoms with E-state index in [-0.39, 0.29) is 35.5 Å². The van der Waals surface area contributed by atoms with Crippen molar-refractivity contribution in [2.75, 3.05) is 10.2 Å². The first-order chi connectivity index (χ1) is 13.0. The molecule has 2 aromatic carbocycles. The molecule has 5 nitrogen and oxygen atoms in total. The van der Waals surface area contributed by atoms with Crippen LogP contribution in [0.5, 0.6) is 0 Å². The van der Waals surface area contributed by atoms with E-state index in [1.54, 1.807) is 24.3 Å². The van der Waals surface area contributed by atoms with Crippen LogP contribution in [0.15, 0.2) is 48.5 Å². The monoisotopic (exact) mass is 362 g/mol. The van der Waals surface area contributed by atoms with Crippen molar-refractivity contribution in [3.63, 3.8) is 0 Å². The number of carbonyl (C=O) groups is 3. The van der Waals surface area contributed by atoms with Crippen LogP contribution in [0.3, 0.4) is 0 Å². The Hall–Kier alpha value is -2.95. The Bertz CT molecular complexity index is 937. The lowest BCUT2D eigenvalue weighted by atomic mass is 10.1. The molecule has 138 valence electrons. The third kappa shape index (κ3) is 3.25. The van der Waals surface area contributed by atoms with Crippen molar-refractivity contribution in [1.29, 1.82) is 0 Å². The van der Waals surface area contributed by atoms with E-state index in [1.165, 1.54) is 12.5 Å². The molecule has 27 heavy (non-hydrogen) atoms. The molecule has 4 rings (SSSR count). The molecule has 1 fully saturated rings. The third-order valence-electron chi connectivity index (χ3n) is 5.43. The lowest BCUT2D eigenvalue weighted by molar-refractivity contribution is -0.123. The van der Waals surface area contributed by atoms with Crippen molar-refractivity contribution in [2.24, 2.45) is 11.8 Å². The van der Waals surface area contributed by atoms with Gasteiger partial charge in [0, 0.05) is 23.0 Å². The number of anilines is 2. The Labute approximate surface area is 158 Å². The van der Waals surface area contributed by atoms with Crippen LogP contribution in [-0.2, 0) is 16.0 Å². The average molecular weight is 362 g/mol. The number of ketones is 1. The molecule has 2 aromatic rings. The van der Waals surface area contributed by atoms with Gasteiger partial charge in [0.2, 0.25) is 11.8 Å². The standard InChI is InChI=1S/C22H22N2O3/c1-13-10-16-6-3-4-9-20(16)24(13)22(27)19-12-18(19)21(26)23-17-8-5-7-15(11-17)14(2)25/h3-9,11,13,18-19H,10,12H2,1-2H3,(H,23,26). The number of carbonyl (C=O) groups excluding carboxylic acids is 3. The van der Waals surface area contributed by atoms with Crippen LogP contribution in [0.4, 0.5) is 11.4 Å². The van der Waals surface area contributed by atoms with Crippen LogP contribution in [0, 0.1) is 11.8 Å². The Morgan fingerprint density at radius 1 is 1.04 bits per heavy atom. The zero-order chi connectivity index (χ0) is 19.1. The second kappa shape index (κ2) is 6.65. The maximum atomic E-state index is 13.0. The van der Waals surface area contributed by atoms with E-state index < -0.39 is 0 Å². The van der Waals surface area contributed by atoms with Gasteiger partial charge >= 0.3 is 0 Å². The van der Waals surface area contributed by atoms with Crippen molar-refractivity contribution in [3.05, 3.63) is 59.7 Å². The highest BCUT2D eigenvalue weighted by Gasteiger charge is 2.51. The molecule has 2 amide bonds. The maximum absolute atomic E-state index is 13.0. The number of benzene rings is 2. The molecular weight excluding hydrogens is 340 g/mol. The number of amides is 2. The van der Waals surface area contributed by atoms with Crippen LogP contribution in [-0.4, -0.2) is 23.6 Å². The molecule has 1 heterocycles. The summed E-state index contributed by atoms with van der Waals surface area (Å²) in [7, 11) is 0. The summed E-state index contributed by atoms with van der Waals surface area (Å²) < 4.78 is 0. The van der Waals surface area contributed by atoms with E-state index in [2.05, 4.69) is 11.4 Å². The molecule has 1 aliphatic carbocycles. The summed E-state index contributed by atoms with van der Waals surface area (Å²) in [5.74, 6) is -0.750. The van der Waals surface area contributed by atoms with Gasteiger partial charge < -0.3 is 10.2 Å². The average Bonchev–Trinajstić information content (AvgIpc) is 3.38. The molecule has 3 unspecified atom stereocenters. The second-order valence-electron chi connectivity index (χ2n) is 7.47. The first-order valence-corrected chi connectivity index (χ1v) is 9.28. The van der Waals surface area contributed by atoms with Crippen molar-refractivity contribution < 1.29 is 14.4 Å². The summed E-state index contributed by atoms with van der Waals surface area (Å²) >= 11 is 0. The van der Waals surface area contributed by atoms with E-state index in [0.717, 1.165) is 12.1 Å². The molecule has 3 atom stereocenters. The minimum absolute atomic E-state index is 0.0325. The van der Waals surface area contributed by atoms with Crippen LogP contribution in [0.2, 0.25) is 0 Å². The van der Waals surface area contributed by atoms with Gasteiger partial charge in [0.1, 0.15) is 0 Å². The zero-order valence-electron chi connectivity index (χ0n) is 15.4. The van der Waals surface area contributed by atoms with Crippen LogP contribution in [0.1, 0.15) is 36.2 Å². The number of hydrogen-bond donors (Lipinski definition) is 1. The normalized spacial score (nSPS) is 22.9. The summed E-state index contributed by atoms with van der Waals surface area (Å²) in [6.45, 7) is 3.54. The largest absolute Gasteiger partial charge is 0.326 e. The van der Waals surface area contributed by atoms with Crippen LogP contribution < -0.4 is 10.2 Å². The van der Waals surface area contributed by atoms with Gasteiger partial charge in [-0.15, -0.1) is 0 Å². The van der Waals surface area contributed by atoms with Crippen molar-refractivity contribution in [1.82, 2.24) is 0 Å². The number of para-hydroxylation sites is 1. The summed E-state index contributed by atoms with van der Waals surface area (Å²) in [5.41, 5.74) is 3.29. The van der Waals surface area contributed by atoms with Crippen LogP contribution in [0.25, 0.3) is 0 Å². The van der Waals surface area contributed by atoms with Crippen molar-refractivity contribution in [2.45, 2.75) is 32.7 Å². The van der Waals surface area contributed by atoms with Gasteiger partial charge in [-0.1, -0.05) is 30.3 Å². The van der Waals surface area contributed by atoms with E-state index in [4.69, 9.17) is 0 Å². The number of nitrogens with zero attached hydrogens (tertiary/aromatic N) is 1. The topological polar surface area (TPSA) is 66.5 Å². The fraction of sp³-hybridized carbons (Fsp3) is 0.318. The van der Waals surface area contributed by atoms with Crippen molar-refractivity contribution >= 4 is 29.0 Å². The first kappa shape index (κ1) is 17.5. The van der Waals surface area contributed by atoms with Gasteiger partial charge in [-0.05, 0) is 50.5 Å². The number of nitrogens with one attached hydrogen (secondary N) is 1. The van der Waals surface area contributed by atoms with Gasteiger partial charge in [-0.3, -0.25) is 14.4 Å². The predicted octanol–water partition coefficient (Wildman–Crippen LogP) is 3.44. The molecular formula is C22H22N2O3. The minimum Gasteiger partial charge on any atom is -0.326 e. The van der Waals surface area contributed by atoms with Gasteiger partial charge in [0.25, 0.3) is 0 Å². The highest BCUT2D eigenvalue weighted by molar-refractivity contribution is 6.05. The van der Waals surface area contributed by atoms with E-state index in [1.807, 2.05) is 30.0 Å². The Kier molecular flexibility index (Phi) is 4.30. The van der Waals surface area contributed by atoms with E-state index >= 15 is 0 Å². The fourth-order valence-electron chi connectivity index (χ4n) is 3.89. The minimum atomic E-state index is -0.307. The van der Waals surface area contributed by atoms with Gasteiger partial charge in [0.15, 0.2) is 5.78 Å². The Morgan fingerprint density at radius 2 is 1.81 bits per heavy atom. The Morgan fingerprint density at radius 3 is 2.59 bits per heavy atom. The van der Waals surface area contributed by atoms with E-state index in [0.29, 0.717) is 17.7 Å². The third-order valence-corrected chi connectivity index (χ3v) is 5.43. The van der Waals surface area contributed by atoms with Crippen molar-refractivity contribution in [3.8, 4) is 0 Å². The second-order valence-corrected chi connectivity index (χ2v) is 7.47. The molecule has 5 heteroatoms. The molecule has 0 spiro atoms. The van der Waals surface area contributed by atoms with E-state index in [9.17, 15) is 14.4 Å². The lowest BCUT2D eigenvalue weighted by Gasteiger charge is -2.23. The molecule has 0 radical (unpaired) electrons. The highest BCUT2D eigenvalue weighted by Crippen LogP contribution is 2.44. The molecule has 2 aliphatic rings. The molecule has 0 aromatic heterocycles. The molecule has 1 aliphatic heterocycles. The fourth-order valence-corrected chi connectivity index (χ4v) is 3.89. The molecule has 0 bridgehead atoms. The summed E-state index contributed by atoms with van der Waals surface area (Å²) in [5, 5.41) is 2.84. The number of fused-ring (bicyclic) bond motifs is 1. The molecule has 1 N–H and O–H groups in total. The first-order valence-electron chi connectivity index (χ1n) is 9.28. The van der Waals surface area contributed by atoms with Gasteiger partial charge in [-0.25, -0.2) is 0 Å². The maximum Gasteiger partial charge on any atom is 0.231 e. The zero-order valence-corrected chi connectivity index (χ0v) is 15.4.